The summed E-state index contributed by atoms with van der Waals surface area (Å²) in [7, 11) is 3.12. The van der Waals surface area contributed by atoms with E-state index in [9.17, 15) is 4.79 Å². The number of rotatable bonds is 4. The first kappa shape index (κ1) is 24.0. The number of benzene rings is 2. The van der Waals surface area contributed by atoms with Gasteiger partial charge in [0.1, 0.15) is 0 Å². The van der Waals surface area contributed by atoms with E-state index < -0.39 is 18.3 Å². The molecule has 2 aromatic carbocycles. The van der Waals surface area contributed by atoms with Crippen molar-refractivity contribution in [1.82, 2.24) is 4.57 Å². The van der Waals surface area contributed by atoms with Gasteiger partial charge in [0.05, 0.1) is 35.9 Å². The number of carbonyl (C=O) groups is 1. The zero-order chi connectivity index (χ0) is 25.3. The number of anilines is 1. The van der Waals surface area contributed by atoms with Crippen molar-refractivity contribution in [3.05, 3.63) is 47.0 Å². The molecule has 2 aliphatic heterocycles. The standard InChI is InChI=1S/C28H35BN2O4/c1-17-9-11-19(12-10-17)24-20(16-23(32)33-8)18(2)25-26-21(24)15-22(31(26)14-13-30(25)7)29-34-27(3,4)28(5,6)35-29/h9-12,15H,13-14,16H2,1-8H3. The maximum Gasteiger partial charge on any atom is 0.512 e. The molecule has 1 aromatic heterocycles. The molecule has 3 aromatic rings. The van der Waals surface area contributed by atoms with E-state index in [1.54, 1.807) is 0 Å². The summed E-state index contributed by atoms with van der Waals surface area (Å²) >= 11 is 0. The fraction of sp³-hybridized carbons (Fsp3) is 0.464. The third kappa shape index (κ3) is 3.67. The molecule has 0 unspecified atom stereocenters. The van der Waals surface area contributed by atoms with Crippen LogP contribution in [0.15, 0.2) is 30.3 Å². The zero-order valence-corrected chi connectivity index (χ0v) is 22.1. The molecular formula is C28H35BN2O4. The molecule has 7 heteroatoms. The quantitative estimate of drug-likeness (QED) is 0.415. The number of nitrogens with zero attached hydrogens (tertiary/aromatic N) is 2. The maximum absolute atomic E-state index is 12.5. The third-order valence-corrected chi connectivity index (χ3v) is 8.16. The molecule has 184 valence electrons. The highest BCUT2D eigenvalue weighted by Crippen LogP contribution is 2.44. The molecule has 2 aliphatic rings. The Morgan fingerprint density at radius 1 is 1.06 bits per heavy atom. The van der Waals surface area contributed by atoms with Crippen LogP contribution in [0.4, 0.5) is 5.69 Å². The second kappa shape index (κ2) is 8.14. The maximum atomic E-state index is 12.5. The molecule has 0 bridgehead atoms. The SMILES string of the molecule is COC(=O)Cc1c(C)c2c3c(cc(B4OC(C)(C)C(C)(C)O4)n3CCN2C)c1-c1ccc(C)cc1. The summed E-state index contributed by atoms with van der Waals surface area (Å²) in [6.45, 7) is 14.3. The van der Waals surface area contributed by atoms with Crippen LogP contribution in [0.2, 0.25) is 0 Å². The van der Waals surface area contributed by atoms with Gasteiger partial charge in [-0.3, -0.25) is 4.79 Å². The van der Waals surface area contributed by atoms with E-state index in [0.29, 0.717) is 0 Å². The second-order valence-electron chi connectivity index (χ2n) is 10.9. The second-order valence-corrected chi connectivity index (χ2v) is 10.9. The summed E-state index contributed by atoms with van der Waals surface area (Å²) in [4.78, 5) is 14.8. The van der Waals surface area contributed by atoms with Gasteiger partial charge in [0.15, 0.2) is 0 Å². The van der Waals surface area contributed by atoms with E-state index in [2.05, 4.69) is 88.4 Å². The minimum absolute atomic E-state index is 0.222. The van der Waals surface area contributed by atoms with Crippen LogP contribution in [0.3, 0.4) is 0 Å². The van der Waals surface area contributed by atoms with Crippen molar-refractivity contribution in [2.24, 2.45) is 0 Å². The Hall–Kier alpha value is -2.77. The van der Waals surface area contributed by atoms with Gasteiger partial charge in [-0.15, -0.1) is 0 Å². The van der Waals surface area contributed by atoms with Gasteiger partial charge < -0.3 is 23.5 Å². The summed E-state index contributed by atoms with van der Waals surface area (Å²) in [5.74, 6) is -0.239. The van der Waals surface area contributed by atoms with Crippen LogP contribution in [0.1, 0.15) is 44.4 Å². The predicted molar refractivity (Wildman–Crippen MR) is 142 cm³/mol. The lowest BCUT2D eigenvalue weighted by Gasteiger charge is -2.32. The fourth-order valence-corrected chi connectivity index (χ4v) is 5.40. The van der Waals surface area contributed by atoms with Crippen LogP contribution >= 0.6 is 0 Å². The Morgan fingerprint density at radius 2 is 1.69 bits per heavy atom. The van der Waals surface area contributed by atoms with Gasteiger partial charge in [0.25, 0.3) is 0 Å². The first-order valence-electron chi connectivity index (χ1n) is 12.3. The average Bonchev–Trinajstić information content (AvgIpc) is 3.27. The third-order valence-electron chi connectivity index (χ3n) is 8.16. The lowest BCUT2D eigenvalue weighted by molar-refractivity contribution is -0.139. The number of methoxy groups -OCH3 is 1. The lowest BCUT2D eigenvalue weighted by atomic mass is 9.83. The summed E-state index contributed by atoms with van der Waals surface area (Å²) in [5, 5.41) is 1.12. The highest BCUT2D eigenvalue weighted by Gasteiger charge is 2.53. The van der Waals surface area contributed by atoms with Crippen molar-refractivity contribution < 1.29 is 18.8 Å². The van der Waals surface area contributed by atoms with Gasteiger partial charge in [-0.25, -0.2) is 0 Å². The number of aromatic nitrogens is 1. The molecule has 6 nitrogen and oxygen atoms in total. The Labute approximate surface area is 208 Å². The molecule has 0 aliphatic carbocycles. The normalized spacial score (nSPS) is 18.4. The van der Waals surface area contributed by atoms with Gasteiger partial charge in [0.2, 0.25) is 0 Å². The van der Waals surface area contributed by atoms with E-state index in [1.807, 2.05) is 0 Å². The first-order chi connectivity index (χ1) is 16.4. The minimum Gasteiger partial charge on any atom is -0.469 e. The van der Waals surface area contributed by atoms with Crippen LogP contribution < -0.4 is 10.5 Å². The summed E-state index contributed by atoms with van der Waals surface area (Å²) < 4.78 is 20.4. The van der Waals surface area contributed by atoms with Gasteiger partial charge in [0, 0.05) is 31.1 Å². The number of likely N-dealkylation sites (N-methyl/N-ethyl adjacent to an activating group) is 1. The van der Waals surface area contributed by atoms with E-state index in [1.165, 1.54) is 18.2 Å². The van der Waals surface area contributed by atoms with Crippen molar-refractivity contribution in [2.45, 2.75) is 65.7 Å². The Bertz CT molecular complexity index is 1310. The summed E-state index contributed by atoms with van der Waals surface area (Å²) in [5.41, 5.74) is 8.00. The Balaban J connectivity index is 1.83. The number of esters is 1. The number of hydrogen-bond acceptors (Lipinski definition) is 5. The lowest BCUT2D eigenvalue weighted by Crippen LogP contribution is -2.42. The molecule has 5 rings (SSSR count). The summed E-state index contributed by atoms with van der Waals surface area (Å²) in [6, 6.07) is 10.7. The van der Waals surface area contributed by atoms with Crippen LogP contribution in [0.25, 0.3) is 22.0 Å². The van der Waals surface area contributed by atoms with Crippen LogP contribution in [0.5, 0.6) is 0 Å². The van der Waals surface area contributed by atoms with Crippen molar-refractivity contribution in [1.29, 1.82) is 0 Å². The highest BCUT2D eigenvalue weighted by molar-refractivity contribution is 6.62. The van der Waals surface area contributed by atoms with E-state index in [0.717, 1.165) is 52.0 Å². The molecule has 0 saturated carbocycles. The molecule has 3 heterocycles. The van der Waals surface area contributed by atoms with Gasteiger partial charge in [-0.2, -0.15) is 0 Å². The molecule has 1 saturated heterocycles. The fourth-order valence-electron chi connectivity index (χ4n) is 5.40. The molecule has 1 fully saturated rings. The molecule has 0 N–H and O–H groups in total. The molecule has 0 spiro atoms. The Kier molecular flexibility index (Phi) is 5.57. The largest absolute Gasteiger partial charge is 0.512 e. The highest BCUT2D eigenvalue weighted by atomic mass is 16.7. The zero-order valence-electron chi connectivity index (χ0n) is 22.1. The van der Waals surface area contributed by atoms with E-state index in [4.69, 9.17) is 14.0 Å². The molecular weight excluding hydrogens is 439 g/mol. The minimum atomic E-state index is -0.459. The van der Waals surface area contributed by atoms with E-state index >= 15 is 0 Å². The number of carbonyl (C=O) groups excluding carboxylic acids is 1. The van der Waals surface area contributed by atoms with Gasteiger partial charge in [-0.1, -0.05) is 29.8 Å². The van der Waals surface area contributed by atoms with Crippen LogP contribution in [0, 0.1) is 13.8 Å². The van der Waals surface area contributed by atoms with E-state index in [-0.39, 0.29) is 12.4 Å². The first-order valence-corrected chi connectivity index (χ1v) is 12.3. The molecule has 0 amide bonds. The Morgan fingerprint density at radius 3 is 2.29 bits per heavy atom. The predicted octanol–water partition coefficient (Wildman–Crippen LogP) is 4.39. The monoisotopic (exact) mass is 474 g/mol. The molecule has 0 atom stereocenters. The van der Waals surface area contributed by atoms with Gasteiger partial charge in [-0.05, 0) is 69.9 Å². The van der Waals surface area contributed by atoms with Crippen molar-refractivity contribution >= 4 is 35.3 Å². The smallest absolute Gasteiger partial charge is 0.469 e. The van der Waals surface area contributed by atoms with Gasteiger partial charge >= 0.3 is 13.1 Å². The summed E-state index contributed by atoms with van der Waals surface area (Å²) in [6.07, 6.45) is 0.222. The van der Waals surface area contributed by atoms with Crippen LogP contribution in [-0.2, 0) is 31.8 Å². The number of aryl methyl sites for hydroxylation is 1. The van der Waals surface area contributed by atoms with Crippen molar-refractivity contribution in [3.8, 4) is 11.1 Å². The van der Waals surface area contributed by atoms with Crippen LogP contribution in [-0.4, -0.2) is 49.6 Å². The number of hydrogen-bond donors (Lipinski definition) is 0. The van der Waals surface area contributed by atoms with Crippen molar-refractivity contribution in [3.63, 3.8) is 0 Å². The van der Waals surface area contributed by atoms with Crippen molar-refractivity contribution in [2.75, 3.05) is 25.6 Å². The molecule has 0 radical (unpaired) electrons. The average molecular weight is 474 g/mol. The number of ether oxygens (including phenoxy) is 1. The topological polar surface area (TPSA) is 52.9 Å². The molecule has 35 heavy (non-hydrogen) atoms.